The Balaban J connectivity index is 1.48. The minimum absolute atomic E-state index is 0.0103. The van der Waals surface area contributed by atoms with Gasteiger partial charge in [0.25, 0.3) is 5.91 Å². The first-order valence-corrected chi connectivity index (χ1v) is 9.39. The van der Waals surface area contributed by atoms with Crippen molar-refractivity contribution in [2.45, 2.75) is 39.5 Å². The lowest BCUT2D eigenvalue weighted by Crippen LogP contribution is -2.38. The number of rotatable bonds is 3. The fourth-order valence-electron chi connectivity index (χ4n) is 4.17. The number of carbonyl (C=O) groups is 2. The number of Topliss-reactive ketones (excluding diaryl/α,β-unsaturated/α-hetero) is 1. The molecule has 0 radical (unpaired) electrons. The molecule has 27 heavy (non-hydrogen) atoms. The third-order valence-electron chi connectivity index (χ3n) is 5.58. The van der Waals surface area contributed by atoms with Gasteiger partial charge in [0, 0.05) is 30.3 Å². The number of hydrogen-bond acceptors (Lipinski definition) is 3. The summed E-state index contributed by atoms with van der Waals surface area (Å²) in [6, 6.07) is 8.04. The second-order valence-corrected chi connectivity index (χ2v) is 7.39. The van der Waals surface area contributed by atoms with Gasteiger partial charge in [0.2, 0.25) is 0 Å². The molecule has 1 fully saturated rings. The van der Waals surface area contributed by atoms with Gasteiger partial charge in [-0.2, -0.15) is 0 Å². The molecule has 0 aliphatic carbocycles. The molecule has 1 saturated heterocycles. The molecule has 1 aliphatic rings. The molecule has 3 aromatic rings. The fourth-order valence-corrected chi connectivity index (χ4v) is 4.17. The number of hydrogen-bond donors (Lipinski definition) is 2. The highest BCUT2D eigenvalue weighted by atomic mass is 16.2. The second kappa shape index (κ2) is 6.68. The van der Waals surface area contributed by atoms with Crippen molar-refractivity contribution in [2.24, 2.45) is 0 Å². The van der Waals surface area contributed by atoms with Crippen LogP contribution in [0.3, 0.4) is 0 Å². The van der Waals surface area contributed by atoms with Gasteiger partial charge in [-0.25, -0.2) is 4.98 Å². The molecule has 0 spiro atoms. The average Bonchev–Trinajstić information content (AvgIpc) is 3.22. The Morgan fingerprint density at radius 1 is 1.11 bits per heavy atom. The maximum atomic E-state index is 13.0. The molecule has 6 heteroatoms. The molecule has 0 unspecified atom stereocenters. The Bertz CT molecular complexity index is 989. The summed E-state index contributed by atoms with van der Waals surface area (Å²) in [5, 5.41) is 0. The van der Waals surface area contributed by atoms with Gasteiger partial charge >= 0.3 is 0 Å². The lowest BCUT2D eigenvalue weighted by molar-refractivity contribution is 0.0705. The lowest BCUT2D eigenvalue weighted by Gasteiger charge is -2.31. The van der Waals surface area contributed by atoms with Crippen molar-refractivity contribution < 1.29 is 9.59 Å². The van der Waals surface area contributed by atoms with Crippen LogP contribution in [-0.2, 0) is 0 Å². The predicted molar refractivity (Wildman–Crippen MR) is 104 cm³/mol. The number of imidazole rings is 1. The number of aromatic amines is 2. The number of fused-ring (bicyclic) bond motifs is 1. The van der Waals surface area contributed by atoms with E-state index in [0.29, 0.717) is 30.3 Å². The molecular formula is C21H24N4O2. The molecular weight excluding hydrogens is 340 g/mol. The lowest BCUT2D eigenvalue weighted by atomic mass is 9.95. The zero-order valence-corrected chi connectivity index (χ0v) is 15.9. The van der Waals surface area contributed by atoms with Crippen LogP contribution >= 0.6 is 0 Å². The van der Waals surface area contributed by atoms with E-state index < -0.39 is 0 Å². The highest BCUT2D eigenvalue weighted by molar-refractivity contribution is 6.02. The number of carbonyl (C=O) groups excluding carboxylic acids is 2. The average molecular weight is 364 g/mol. The molecule has 0 saturated carbocycles. The Morgan fingerprint density at radius 2 is 1.81 bits per heavy atom. The van der Waals surface area contributed by atoms with E-state index in [-0.39, 0.29) is 11.7 Å². The van der Waals surface area contributed by atoms with E-state index in [1.807, 2.05) is 43.0 Å². The number of H-pyrrole nitrogens is 2. The minimum atomic E-state index is -0.0221. The highest BCUT2D eigenvalue weighted by Crippen LogP contribution is 2.29. The van der Waals surface area contributed by atoms with Crippen LogP contribution < -0.4 is 0 Å². The number of nitrogens with one attached hydrogen (secondary N) is 2. The summed E-state index contributed by atoms with van der Waals surface area (Å²) in [4.78, 5) is 37.9. The zero-order chi connectivity index (χ0) is 19.1. The quantitative estimate of drug-likeness (QED) is 0.695. The zero-order valence-electron chi connectivity index (χ0n) is 15.9. The number of ketones is 1. The number of aryl methyl sites for hydroxylation is 1. The number of para-hydroxylation sites is 2. The van der Waals surface area contributed by atoms with Gasteiger partial charge < -0.3 is 14.9 Å². The molecule has 1 aliphatic heterocycles. The summed E-state index contributed by atoms with van der Waals surface area (Å²) < 4.78 is 0. The Morgan fingerprint density at radius 3 is 2.44 bits per heavy atom. The topological polar surface area (TPSA) is 81.8 Å². The first-order valence-electron chi connectivity index (χ1n) is 9.39. The molecule has 3 heterocycles. The molecule has 0 bridgehead atoms. The molecule has 6 nitrogen and oxygen atoms in total. The number of nitrogens with zero attached hydrogens (tertiary/aromatic N) is 2. The van der Waals surface area contributed by atoms with Gasteiger partial charge in [-0.3, -0.25) is 9.59 Å². The second-order valence-electron chi connectivity index (χ2n) is 7.39. The Kier molecular flexibility index (Phi) is 4.34. The summed E-state index contributed by atoms with van der Waals surface area (Å²) >= 11 is 0. The normalized spacial score (nSPS) is 15.4. The van der Waals surface area contributed by atoms with E-state index in [2.05, 4.69) is 9.97 Å². The van der Waals surface area contributed by atoms with Gasteiger partial charge in [0.1, 0.15) is 11.5 Å². The first-order chi connectivity index (χ1) is 13.0. The van der Waals surface area contributed by atoms with E-state index in [1.54, 1.807) is 0 Å². The maximum Gasteiger partial charge on any atom is 0.270 e. The predicted octanol–water partition coefficient (Wildman–Crippen LogP) is 3.73. The van der Waals surface area contributed by atoms with Crippen LogP contribution in [0.1, 0.15) is 63.6 Å². The van der Waals surface area contributed by atoms with Gasteiger partial charge in [-0.15, -0.1) is 0 Å². The van der Waals surface area contributed by atoms with Crippen LogP contribution in [0, 0.1) is 13.8 Å². The number of likely N-dealkylation sites (tertiary alicyclic amines) is 1. The fraction of sp³-hybridized carbons (Fsp3) is 0.381. The summed E-state index contributed by atoms with van der Waals surface area (Å²) in [7, 11) is 0. The Hall–Kier alpha value is -2.89. The molecule has 1 aromatic carbocycles. The van der Waals surface area contributed by atoms with Gasteiger partial charge in [0.15, 0.2) is 5.78 Å². The maximum absolute atomic E-state index is 13.0. The van der Waals surface area contributed by atoms with Crippen LogP contribution in [0.2, 0.25) is 0 Å². The van der Waals surface area contributed by atoms with Gasteiger partial charge in [-0.1, -0.05) is 12.1 Å². The van der Waals surface area contributed by atoms with E-state index in [1.165, 1.54) is 6.92 Å². The minimum Gasteiger partial charge on any atom is -0.354 e. The van der Waals surface area contributed by atoms with Crippen LogP contribution in [-0.4, -0.2) is 44.6 Å². The van der Waals surface area contributed by atoms with Crippen molar-refractivity contribution in [3.8, 4) is 0 Å². The van der Waals surface area contributed by atoms with E-state index in [4.69, 9.17) is 4.98 Å². The summed E-state index contributed by atoms with van der Waals surface area (Å²) in [5.74, 6) is 1.31. The summed E-state index contributed by atoms with van der Waals surface area (Å²) in [6.45, 7) is 6.60. The number of amides is 1. The Labute approximate surface area is 158 Å². The third kappa shape index (κ3) is 3.05. The third-order valence-corrected chi connectivity index (χ3v) is 5.58. The van der Waals surface area contributed by atoms with Crippen LogP contribution in [0.25, 0.3) is 11.0 Å². The smallest absolute Gasteiger partial charge is 0.270 e. The molecule has 0 atom stereocenters. The molecule has 140 valence electrons. The van der Waals surface area contributed by atoms with Crippen molar-refractivity contribution in [1.82, 2.24) is 19.9 Å². The van der Waals surface area contributed by atoms with Gasteiger partial charge in [-0.05, 0) is 51.3 Å². The van der Waals surface area contributed by atoms with Crippen molar-refractivity contribution in [1.29, 1.82) is 0 Å². The first kappa shape index (κ1) is 17.5. The van der Waals surface area contributed by atoms with E-state index in [0.717, 1.165) is 41.0 Å². The monoisotopic (exact) mass is 364 g/mol. The van der Waals surface area contributed by atoms with E-state index >= 15 is 0 Å². The summed E-state index contributed by atoms with van der Waals surface area (Å²) in [5.41, 5.74) is 4.74. The highest BCUT2D eigenvalue weighted by Gasteiger charge is 2.29. The summed E-state index contributed by atoms with van der Waals surface area (Å²) in [6.07, 6.45) is 1.76. The standard InChI is InChI=1S/C21H24N4O2/c1-12-18(14(3)26)13(2)22-19(12)21(27)25-10-8-15(9-11-25)20-23-16-6-4-5-7-17(16)24-20/h4-7,15,22H,8-11H2,1-3H3,(H,23,24). The van der Waals surface area contributed by atoms with Crippen molar-refractivity contribution in [3.05, 3.63) is 52.6 Å². The molecule has 1 amide bonds. The molecule has 2 N–H and O–H groups in total. The molecule has 2 aromatic heterocycles. The van der Waals surface area contributed by atoms with Crippen molar-refractivity contribution >= 4 is 22.7 Å². The van der Waals surface area contributed by atoms with Crippen molar-refractivity contribution in [2.75, 3.05) is 13.1 Å². The number of aromatic nitrogens is 3. The van der Waals surface area contributed by atoms with Gasteiger partial charge in [0.05, 0.1) is 11.0 Å². The van der Waals surface area contributed by atoms with Crippen molar-refractivity contribution in [3.63, 3.8) is 0 Å². The van der Waals surface area contributed by atoms with Crippen LogP contribution in [0.4, 0.5) is 0 Å². The molecule has 4 rings (SSSR count). The van der Waals surface area contributed by atoms with Crippen LogP contribution in [0.5, 0.6) is 0 Å². The van der Waals surface area contributed by atoms with Crippen LogP contribution in [0.15, 0.2) is 24.3 Å². The number of benzene rings is 1. The van der Waals surface area contributed by atoms with E-state index in [9.17, 15) is 9.59 Å². The number of piperidine rings is 1. The SMILES string of the molecule is CC(=O)c1c(C)[nH]c(C(=O)N2CCC(c3nc4ccccc4[nH]3)CC2)c1C. The largest absolute Gasteiger partial charge is 0.354 e.